The minimum absolute atomic E-state index is 0.342. The molecule has 1 atom stereocenters. The number of rotatable bonds is 7. The zero-order chi connectivity index (χ0) is 20.3. The smallest absolute Gasteiger partial charge is 0.225 e. The number of nitrogens with one attached hydrogen (secondary N) is 1. The Labute approximate surface area is 168 Å². The first-order valence-electron chi connectivity index (χ1n) is 10.1. The van der Waals surface area contributed by atoms with E-state index in [-0.39, 0.29) is 0 Å². The first kappa shape index (κ1) is 20.2. The summed E-state index contributed by atoms with van der Waals surface area (Å²) in [6.45, 7) is 10.4. The van der Waals surface area contributed by atoms with Crippen molar-refractivity contribution in [3.8, 4) is 11.5 Å². The van der Waals surface area contributed by atoms with E-state index in [0.29, 0.717) is 17.9 Å². The molecule has 28 heavy (non-hydrogen) atoms. The van der Waals surface area contributed by atoms with Gasteiger partial charge in [-0.2, -0.15) is 4.98 Å². The molecule has 0 saturated carbocycles. The number of methoxy groups -OCH3 is 2. The molecule has 0 aliphatic carbocycles. The van der Waals surface area contributed by atoms with Gasteiger partial charge in [-0.25, -0.2) is 4.98 Å². The van der Waals surface area contributed by atoms with Gasteiger partial charge in [0, 0.05) is 25.2 Å². The molecule has 0 spiro atoms. The summed E-state index contributed by atoms with van der Waals surface area (Å²) in [6.07, 6.45) is 1.98. The summed E-state index contributed by atoms with van der Waals surface area (Å²) < 4.78 is 10.9. The fraction of sp³-hybridized carbons (Fsp3) is 0.545. The van der Waals surface area contributed by atoms with Crippen LogP contribution < -0.4 is 19.7 Å². The molecule has 6 heteroatoms. The van der Waals surface area contributed by atoms with Gasteiger partial charge in [-0.1, -0.05) is 20.8 Å². The Morgan fingerprint density at radius 2 is 1.71 bits per heavy atom. The maximum atomic E-state index is 5.49. The molecule has 0 unspecified atom stereocenters. The Kier molecular flexibility index (Phi) is 6.27. The maximum absolute atomic E-state index is 5.49. The summed E-state index contributed by atoms with van der Waals surface area (Å²) in [5.41, 5.74) is 3.63. The lowest BCUT2D eigenvalue weighted by Gasteiger charge is -2.31. The average molecular weight is 385 g/mol. The van der Waals surface area contributed by atoms with Gasteiger partial charge in [-0.05, 0) is 48.9 Å². The number of fused-ring (bicyclic) bond motifs is 1. The van der Waals surface area contributed by atoms with Crippen LogP contribution in [0.5, 0.6) is 11.5 Å². The van der Waals surface area contributed by atoms with Crippen LogP contribution in [0.25, 0.3) is 0 Å². The summed E-state index contributed by atoms with van der Waals surface area (Å²) in [7, 11) is 3.36. The third kappa shape index (κ3) is 4.32. The van der Waals surface area contributed by atoms with Crippen molar-refractivity contribution in [2.24, 2.45) is 0 Å². The second kappa shape index (κ2) is 8.67. The van der Waals surface area contributed by atoms with Gasteiger partial charge in [0.25, 0.3) is 0 Å². The third-order valence-corrected chi connectivity index (χ3v) is 5.35. The van der Waals surface area contributed by atoms with Crippen LogP contribution in [0.4, 0.5) is 11.8 Å². The van der Waals surface area contributed by atoms with E-state index < -0.39 is 0 Å². The molecule has 1 aromatic carbocycles. The van der Waals surface area contributed by atoms with Gasteiger partial charge >= 0.3 is 0 Å². The van der Waals surface area contributed by atoms with Crippen molar-refractivity contribution in [3.05, 3.63) is 35.0 Å². The summed E-state index contributed by atoms with van der Waals surface area (Å²) >= 11 is 0. The van der Waals surface area contributed by atoms with E-state index in [0.717, 1.165) is 48.9 Å². The standard InChI is InChI=1S/C22H32N4O2/c1-7-15(4)23-22-24-18(14(2)3)12-21(25-22)26-9-8-16-10-19(27-5)20(28-6)11-17(16)13-26/h10-12,14-15H,7-9,13H2,1-6H3,(H,23,24,25)/t15-/m1/s1. The number of hydrogen-bond acceptors (Lipinski definition) is 6. The summed E-state index contributed by atoms with van der Waals surface area (Å²) in [5.74, 6) is 3.60. The van der Waals surface area contributed by atoms with Gasteiger partial charge in [0.05, 0.1) is 19.9 Å². The van der Waals surface area contributed by atoms with E-state index in [1.54, 1.807) is 14.2 Å². The molecule has 2 heterocycles. The molecule has 3 rings (SSSR count). The SMILES string of the molecule is CC[C@@H](C)Nc1nc(C(C)C)cc(N2CCc3cc(OC)c(OC)cc3C2)n1. The van der Waals surface area contributed by atoms with Crippen LogP contribution in [-0.2, 0) is 13.0 Å². The molecule has 152 valence electrons. The van der Waals surface area contributed by atoms with Crippen molar-refractivity contribution in [2.75, 3.05) is 31.0 Å². The lowest BCUT2D eigenvalue weighted by atomic mass is 9.98. The first-order chi connectivity index (χ1) is 13.4. The van der Waals surface area contributed by atoms with Crippen molar-refractivity contribution >= 4 is 11.8 Å². The number of nitrogens with zero attached hydrogens (tertiary/aromatic N) is 3. The minimum atomic E-state index is 0.342. The van der Waals surface area contributed by atoms with E-state index >= 15 is 0 Å². The van der Waals surface area contributed by atoms with E-state index in [2.05, 4.69) is 56.1 Å². The number of benzene rings is 1. The van der Waals surface area contributed by atoms with Crippen molar-refractivity contribution in [2.45, 2.75) is 59.0 Å². The fourth-order valence-electron chi connectivity index (χ4n) is 3.38. The highest BCUT2D eigenvalue weighted by atomic mass is 16.5. The van der Waals surface area contributed by atoms with E-state index in [4.69, 9.17) is 19.4 Å². The van der Waals surface area contributed by atoms with Crippen LogP contribution >= 0.6 is 0 Å². The lowest BCUT2D eigenvalue weighted by molar-refractivity contribution is 0.353. The molecular weight excluding hydrogens is 352 g/mol. The second-order valence-corrected chi connectivity index (χ2v) is 7.73. The van der Waals surface area contributed by atoms with Gasteiger partial charge in [0.15, 0.2) is 11.5 Å². The number of hydrogen-bond donors (Lipinski definition) is 1. The highest BCUT2D eigenvalue weighted by Crippen LogP contribution is 2.34. The highest BCUT2D eigenvalue weighted by Gasteiger charge is 2.22. The summed E-state index contributed by atoms with van der Waals surface area (Å²) in [6, 6.07) is 6.65. The van der Waals surface area contributed by atoms with Crippen LogP contribution in [0.2, 0.25) is 0 Å². The average Bonchev–Trinajstić information content (AvgIpc) is 2.71. The Morgan fingerprint density at radius 3 is 2.32 bits per heavy atom. The van der Waals surface area contributed by atoms with Gasteiger partial charge in [-0.3, -0.25) is 0 Å². The zero-order valence-electron chi connectivity index (χ0n) is 17.9. The zero-order valence-corrected chi connectivity index (χ0v) is 17.9. The van der Waals surface area contributed by atoms with Crippen LogP contribution in [0, 0.1) is 0 Å². The van der Waals surface area contributed by atoms with E-state index in [1.165, 1.54) is 11.1 Å². The van der Waals surface area contributed by atoms with Crippen LogP contribution in [0.15, 0.2) is 18.2 Å². The quantitative estimate of drug-likeness (QED) is 0.764. The molecule has 1 aromatic heterocycles. The first-order valence-corrected chi connectivity index (χ1v) is 10.1. The third-order valence-electron chi connectivity index (χ3n) is 5.35. The van der Waals surface area contributed by atoms with Crippen LogP contribution in [0.3, 0.4) is 0 Å². The molecular formula is C22H32N4O2. The predicted octanol–water partition coefficient (Wildman–Crippen LogP) is 4.39. The van der Waals surface area contributed by atoms with Crippen molar-refractivity contribution in [3.63, 3.8) is 0 Å². The van der Waals surface area contributed by atoms with E-state index in [9.17, 15) is 0 Å². The number of ether oxygens (including phenoxy) is 2. The molecule has 6 nitrogen and oxygen atoms in total. The summed E-state index contributed by atoms with van der Waals surface area (Å²) in [4.78, 5) is 11.9. The Hall–Kier alpha value is -2.50. The maximum Gasteiger partial charge on any atom is 0.225 e. The van der Waals surface area contributed by atoms with Gasteiger partial charge in [0.1, 0.15) is 5.82 Å². The monoisotopic (exact) mass is 384 g/mol. The second-order valence-electron chi connectivity index (χ2n) is 7.73. The lowest BCUT2D eigenvalue weighted by Crippen LogP contribution is -2.31. The number of aromatic nitrogens is 2. The van der Waals surface area contributed by atoms with Gasteiger partial charge < -0.3 is 19.7 Å². The molecule has 0 bridgehead atoms. The predicted molar refractivity (Wildman–Crippen MR) is 114 cm³/mol. The van der Waals surface area contributed by atoms with Crippen molar-refractivity contribution < 1.29 is 9.47 Å². The molecule has 1 aliphatic heterocycles. The van der Waals surface area contributed by atoms with Gasteiger partial charge in [-0.15, -0.1) is 0 Å². The number of anilines is 2. The molecule has 1 N–H and O–H groups in total. The Balaban J connectivity index is 1.91. The topological polar surface area (TPSA) is 59.5 Å². The summed E-state index contributed by atoms with van der Waals surface area (Å²) in [5, 5.41) is 3.43. The Morgan fingerprint density at radius 1 is 1.04 bits per heavy atom. The molecule has 0 radical (unpaired) electrons. The Bertz CT molecular complexity index is 822. The molecule has 0 fully saturated rings. The molecule has 0 amide bonds. The largest absolute Gasteiger partial charge is 0.493 e. The van der Waals surface area contributed by atoms with E-state index in [1.807, 2.05) is 0 Å². The van der Waals surface area contributed by atoms with Crippen LogP contribution in [0.1, 0.15) is 56.9 Å². The van der Waals surface area contributed by atoms with Crippen LogP contribution in [-0.4, -0.2) is 36.8 Å². The minimum Gasteiger partial charge on any atom is -0.493 e. The molecule has 1 aliphatic rings. The highest BCUT2D eigenvalue weighted by molar-refractivity contribution is 5.53. The van der Waals surface area contributed by atoms with Gasteiger partial charge in [0.2, 0.25) is 5.95 Å². The molecule has 2 aromatic rings. The normalized spacial score (nSPS) is 14.6. The van der Waals surface area contributed by atoms with Crippen molar-refractivity contribution in [1.82, 2.24) is 9.97 Å². The fourth-order valence-corrected chi connectivity index (χ4v) is 3.38. The van der Waals surface area contributed by atoms with Crippen molar-refractivity contribution in [1.29, 1.82) is 0 Å². The molecule has 0 saturated heterocycles.